The molecule has 5 aromatic carbocycles. The van der Waals surface area contributed by atoms with Crippen LogP contribution in [0, 0.1) is 6.92 Å². The van der Waals surface area contributed by atoms with Gasteiger partial charge >= 0.3 is 0 Å². The molecule has 0 saturated heterocycles. The zero-order valence-corrected chi connectivity index (χ0v) is 29.9. The Bertz CT molecular complexity index is 2300. The predicted octanol–water partition coefficient (Wildman–Crippen LogP) is 9.20. The Labute approximate surface area is 309 Å². The van der Waals surface area contributed by atoms with Crippen molar-refractivity contribution in [1.82, 2.24) is 40.0 Å². The molecule has 0 saturated carbocycles. The molecule has 0 aliphatic heterocycles. The van der Waals surface area contributed by atoms with Gasteiger partial charge in [-0.2, -0.15) is 5.10 Å². The van der Waals surface area contributed by atoms with Gasteiger partial charge in [-0.3, -0.25) is 0 Å². The average Bonchev–Trinajstić information content (AvgIpc) is 3.87. The van der Waals surface area contributed by atoms with Crippen molar-refractivity contribution in [2.75, 3.05) is 0 Å². The Kier molecular flexibility index (Phi) is 9.49. The SMILES string of the molecule is CCCCc1nc(-c2ccc(C)nn2)cn1Cc1ccc(-c2ccccc2-c2nnnn2C(c2ccccc2)(c2ccccc2)c2ccccc2)cc1. The van der Waals surface area contributed by atoms with Crippen LogP contribution in [0.1, 0.15) is 53.5 Å². The van der Waals surface area contributed by atoms with Gasteiger partial charge in [-0.15, -0.1) is 10.2 Å². The van der Waals surface area contributed by atoms with E-state index in [-0.39, 0.29) is 0 Å². The highest BCUT2D eigenvalue weighted by Crippen LogP contribution is 2.43. The molecule has 3 aromatic heterocycles. The molecule has 8 rings (SSSR count). The summed E-state index contributed by atoms with van der Waals surface area (Å²) in [5, 5.41) is 22.5. The van der Waals surface area contributed by atoms with Crippen LogP contribution in [0.25, 0.3) is 33.9 Å². The van der Waals surface area contributed by atoms with Crippen molar-refractivity contribution in [3.05, 3.63) is 192 Å². The molecule has 0 aliphatic carbocycles. The summed E-state index contributed by atoms with van der Waals surface area (Å²) >= 11 is 0. The van der Waals surface area contributed by atoms with Gasteiger partial charge in [-0.05, 0) is 69.3 Å². The number of imidazole rings is 1. The summed E-state index contributed by atoms with van der Waals surface area (Å²) in [6.07, 6.45) is 5.19. The number of tetrazole rings is 1. The van der Waals surface area contributed by atoms with Gasteiger partial charge in [-0.25, -0.2) is 9.67 Å². The number of aromatic nitrogens is 8. The molecule has 8 aromatic rings. The van der Waals surface area contributed by atoms with Gasteiger partial charge in [0, 0.05) is 24.7 Å². The van der Waals surface area contributed by atoms with E-state index >= 15 is 0 Å². The minimum Gasteiger partial charge on any atom is -0.330 e. The van der Waals surface area contributed by atoms with E-state index in [0.717, 1.165) is 75.5 Å². The first kappa shape index (κ1) is 33.6. The van der Waals surface area contributed by atoms with Crippen molar-refractivity contribution in [2.45, 2.75) is 45.2 Å². The van der Waals surface area contributed by atoms with Gasteiger partial charge in [0.2, 0.25) is 0 Å². The number of benzene rings is 5. The summed E-state index contributed by atoms with van der Waals surface area (Å²) in [6.45, 7) is 4.86. The molecule has 3 heterocycles. The highest BCUT2D eigenvalue weighted by atomic mass is 15.6. The normalized spacial score (nSPS) is 11.5. The fourth-order valence-corrected chi connectivity index (χ4v) is 7.19. The molecule has 0 bridgehead atoms. The third kappa shape index (κ3) is 6.55. The lowest BCUT2D eigenvalue weighted by atomic mass is 9.77. The zero-order valence-electron chi connectivity index (χ0n) is 29.9. The topological polar surface area (TPSA) is 87.2 Å². The lowest BCUT2D eigenvalue weighted by Crippen LogP contribution is -2.39. The lowest BCUT2D eigenvalue weighted by Gasteiger charge is -2.36. The van der Waals surface area contributed by atoms with Crippen LogP contribution in [0.3, 0.4) is 0 Å². The maximum atomic E-state index is 4.98. The van der Waals surface area contributed by atoms with Gasteiger partial charge in [0.25, 0.3) is 0 Å². The number of unbranched alkanes of at least 4 members (excludes halogenated alkanes) is 1. The van der Waals surface area contributed by atoms with Crippen molar-refractivity contribution in [3.63, 3.8) is 0 Å². The van der Waals surface area contributed by atoms with Crippen LogP contribution in [-0.4, -0.2) is 40.0 Å². The fourth-order valence-electron chi connectivity index (χ4n) is 7.19. The third-order valence-corrected chi connectivity index (χ3v) is 9.82. The van der Waals surface area contributed by atoms with E-state index in [0.29, 0.717) is 12.4 Å². The Hall–Kier alpha value is -6.54. The molecular weight excluding hydrogens is 653 g/mol. The predicted molar refractivity (Wildman–Crippen MR) is 209 cm³/mol. The van der Waals surface area contributed by atoms with Crippen LogP contribution in [0.4, 0.5) is 0 Å². The van der Waals surface area contributed by atoms with Crippen molar-refractivity contribution in [2.24, 2.45) is 0 Å². The number of nitrogens with zero attached hydrogens (tertiary/aromatic N) is 8. The van der Waals surface area contributed by atoms with Crippen LogP contribution in [-0.2, 0) is 18.5 Å². The van der Waals surface area contributed by atoms with E-state index in [4.69, 9.17) is 15.3 Å². The monoisotopic (exact) mass is 692 g/mol. The van der Waals surface area contributed by atoms with Gasteiger partial charge in [-0.1, -0.05) is 153 Å². The number of aryl methyl sites for hydroxylation is 2. The molecule has 8 nitrogen and oxygen atoms in total. The fraction of sp³-hybridized carbons (Fsp3) is 0.156. The molecule has 0 amide bonds. The van der Waals surface area contributed by atoms with Gasteiger partial charge in [0.05, 0.1) is 5.69 Å². The van der Waals surface area contributed by atoms with Gasteiger partial charge in [0.15, 0.2) is 5.82 Å². The van der Waals surface area contributed by atoms with E-state index in [1.54, 1.807) is 0 Å². The molecule has 0 atom stereocenters. The summed E-state index contributed by atoms with van der Waals surface area (Å²) in [7, 11) is 0. The second kappa shape index (κ2) is 15.0. The summed E-state index contributed by atoms with van der Waals surface area (Å²) in [5.74, 6) is 1.73. The van der Waals surface area contributed by atoms with E-state index in [2.05, 4.69) is 148 Å². The standard InChI is InChI=1S/C45H40N8/c1-3-4-24-43-46-42(41-30-25-33(2)47-48-41)32-52(43)31-34-26-28-35(29-27-34)39-22-14-15-23-40(39)44-49-50-51-53(44)45(36-16-8-5-9-17-36,37-18-10-6-11-19-37)38-20-12-7-13-21-38/h5-23,25-30,32H,3-4,24,31H2,1-2H3. The highest BCUT2D eigenvalue weighted by molar-refractivity contribution is 5.81. The minimum absolute atomic E-state index is 0.673. The summed E-state index contributed by atoms with van der Waals surface area (Å²) in [4.78, 5) is 4.98. The summed E-state index contributed by atoms with van der Waals surface area (Å²) in [6, 6.07) is 52.6. The first-order chi connectivity index (χ1) is 26.1. The van der Waals surface area contributed by atoms with Crippen LogP contribution >= 0.6 is 0 Å². The highest BCUT2D eigenvalue weighted by Gasteiger charge is 2.42. The second-order valence-electron chi connectivity index (χ2n) is 13.3. The van der Waals surface area contributed by atoms with E-state index in [1.165, 1.54) is 5.56 Å². The molecule has 0 unspecified atom stereocenters. The Morgan fingerprint density at radius 3 is 1.77 bits per heavy atom. The molecule has 0 radical (unpaired) electrons. The zero-order chi connectivity index (χ0) is 36.0. The number of hydrogen-bond acceptors (Lipinski definition) is 6. The van der Waals surface area contributed by atoms with E-state index < -0.39 is 5.54 Å². The number of hydrogen-bond donors (Lipinski definition) is 0. The molecule has 0 aliphatic rings. The van der Waals surface area contributed by atoms with E-state index in [1.807, 2.05) is 48.0 Å². The summed E-state index contributed by atoms with van der Waals surface area (Å²) < 4.78 is 4.24. The lowest BCUT2D eigenvalue weighted by molar-refractivity contribution is 0.451. The molecular formula is C45H40N8. The number of rotatable bonds is 12. The van der Waals surface area contributed by atoms with Gasteiger partial charge in [0.1, 0.15) is 22.8 Å². The first-order valence-corrected chi connectivity index (χ1v) is 18.2. The Morgan fingerprint density at radius 2 is 1.19 bits per heavy atom. The molecule has 8 heteroatoms. The molecule has 53 heavy (non-hydrogen) atoms. The first-order valence-electron chi connectivity index (χ1n) is 18.2. The Balaban J connectivity index is 1.19. The molecule has 0 N–H and O–H groups in total. The van der Waals surface area contributed by atoms with Crippen LogP contribution < -0.4 is 0 Å². The van der Waals surface area contributed by atoms with Gasteiger partial charge < -0.3 is 4.57 Å². The summed E-state index contributed by atoms with van der Waals surface area (Å²) in [5.41, 5.74) is 9.11. The quantitative estimate of drug-likeness (QED) is 0.119. The van der Waals surface area contributed by atoms with Crippen molar-refractivity contribution >= 4 is 0 Å². The maximum absolute atomic E-state index is 4.98. The molecule has 0 fully saturated rings. The van der Waals surface area contributed by atoms with Crippen molar-refractivity contribution < 1.29 is 0 Å². The second-order valence-corrected chi connectivity index (χ2v) is 13.3. The minimum atomic E-state index is -0.844. The largest absolute Gasteiger partial charge is 0.330 e. The average molecular weight is 693 g/mol. The molecule has 260 valence electrons. The smallest absolute Gasteiger partial charge is 0.184 e. The third-order valence-electron chi connectivity index (χ3n) is 9.82. The van der Waals surface area contributed by atoms with Crippen LogP contribution in [0.2, 0.25) is 0 Å². The van der Waals surface area contributed by atoms with Crippen LogP contribution in [0.5, 0.6) is 0 Å². The van der Waals surface area contributed by atoms with Crippen molar-refractivity contribution in [3.8, 4) is 33.9 Å². The van der Waals surface area contributed by atoms with E-state index in [9.17, 15) is 0 Å². The maximum Gasteiger partial charge on any atom is 0.184 e. The van der Waals surface area contributed by atoms with Crippen molar-refractivity contribution in [1.29, 1.82) is 0 Å². The molecule has 0 spiro atoms. The Morgan fingerprint density at radius 1 is 0.585 bits per heavy atom. The van der Waals surface area contributed by atoms with Crippen LogP contribution in [0.15, 0.2) is 158 Å².